The molecule has 4 heterocycles. The van der Waals surface area contributed by atoms with E-state index in [1.807, 2.05) is 16.7 Å². The van der Waals surface area contributed by atoms with Crippen molar-refractivity contribution in [1.82, 2.24) is 9.58 Å². The number of benzene rings is 2. The predicted molar refractivity (Wildman–Crippen MR) is 155 cm³/mol. The number of fused-ring (bicyclic) bond motifs is 6. The van der Waals surface area contributed by atoms with Crippen molar-refractivity contribution in [3.63, 3.8) is 0 Å². The van der Waals surface area contributed by atoms with Crippen LogP contribution in [0.5, 0.6) is 5.75 Å². The van der Waals surface area contributed by atoms with Crippen molar-refractivity contribution in [3.05, 3.63) is 93.4 Å². The number of thioether (sulfide) groups is 1. The van der Waals surface area contributed by atoms with E-state index >= 15 is 0 Å². The molecular formula is C31H33N3O6S. The van der Waals surface area contributed by atoms with Crippen molar-refractivity contribution in [3.8, 4) is 5.75 Å². The number of carbonyl (C=O) groups is 2. The van der Waals surface area contributed by atoms with E-state index < -0.39 is 18.4 Å². The standard InChI is InChI=1S/C31H33N3O6S/c1-38-31(37)40-20-39-29-25(35)14-16-33-28(29)30(36)32-15-4-2-13-26(32)34(33)27-22-10-6-9-21(18-22)8-3-5-17-41-24-12-7-11-23(27)19-24/h6-7,9-12,14,16,18-19,26-27H,2-5,8,13,15,17,20H2,1H3. The second kappa shape index (κ2) is 11.9. The Balaban J connectivity index is 1.53. The summed E-state index contributed by atoms with van der Waals surface area (Å²) in [7, 11) is 1.19. The largest absolute Gasteiger partial charge is 0.510 e. The molecule has 2 atom stereocenters. The Morgan fingerprint density at radius 1 is 1.00 bits per heavy atom. The topological polar surface area (TPSA) is 90.3 Å². The highest BCUT2D eigenvalue weighted by atomic mass is 32.2. The summed E-state index contributed by atoms with van der Waals surface area (Å²) in [6.07, 6.45) is 6.43. The van der Waals surface area contributed by atoms with Crippen LogP contribution in [0.2, 0.25) is 0 Å². The Morgan fingerprint density at radius 2 is 1.83 bits per heavy atom. The summed E-state index contributed by atoms with van der Waals surface area (Å²) in [5.41, 5.74) is 3.16. The smallest absolute Gasteiger partial charge is 0.451 e. The fraction of sp³-hybridized carbons (Fsp3) is 0.387. The number of aryl methyl sites for hydroxylation is 1. The van der Waals surface area contributed by atoms with Gasteiger partial charge in [0.05, 0.1) is 13.2 Å². The van der Waals surface area contributed by atoms with Crippen LogP contribution >= 0.6 is 11.8 Å². The van der Waals surface area contributed by atoms with Gasteiger partial charge >= 0.3 is 6.16 Å². The lowest BCUT2D eigenvalue weighted by molar-refractivity contribution is 0.0126. The third-order valence-electron chi connectivity index (χ3n) is 7.90. The normalized spacial score (nSPS) is 20.2. The molecule has 1 aromatic heterocycles. The van der Waals surface area contributed by atoms with Crippen LogP contribution < -0.4 is 15.2 Å². The molecule has 1 saturated heterocycles. The number of piperidine rings is 1. The van der Waals surface area contributed by atoms with Crippen LogP contribution in [0.4, 0.5) is 4.79 Å². The first-order chi connectivity index (χ1) is 20.0. The Kier molecular flexibility index (Phi) is 7.91. The molecular weight excluding hydrogens is 542 g/mol. The monoisotopic (exact) mass is 575 g/mol. The number of aromatic nitrogens is 1. The van der Waals surface area contributed by atoms with Gasteiger partial charge in [0, 0.05) is 23.7 Å². The average Bonchev–Trinajstić information content (AvgIpc) is 2.99. The van der Waals surface area contributed by atoms with E-state index in [-0.39, 0.29) is 29.6 Å². The van der Waals surface area contributed by atoms with Crippen molar-refractivity contribution >= 4 is 23.8 Å². The van der Waals surface area contributed by atoms with Gasteiger partial charge in [-0.15, -0.1) is 11.8 Å². The number of hydrogen-bond acceptors (Lipinski definition) is 8. The van der Waals surface area contributed by atoms with Gasteiger partial charge in [0.15, 0.2) is 5.69 Å². The minimum Gasteiger partial charge on any atom is -0.451 e. The molecule has 0 saturated carbocycles. The van der Waals surface area contributed by atoms with Crippen molar-refractivity contribution in [2.75, 3.05) is 31.2 Å². The highest BCUT2D eigenvalue weighted by Gasteiger charge is 2.44. The lowest BCUT2D eigenvalue weighted by atomic mass is 9.93. The van der Waals surface area contributed by atoms with Gasteiger partial charge in [-0.1, -0.05) is 36.4 Å². The summed E-state index contributed by atoms with van der Waals surface area (Å²) in [4.78, 5) is 41.6. The Morgan fingerprint density at radius 3 is 2.68 bits per heavy atom. The maximum absolute atomic E-state index is 14.0. The highest BCUT2D eigenvalue weighted by molar-refractivity contribution is 7.99. The third-order valence-corrected chi connectivity index (χ3v) is 8.98. The maximum atomic E-state index is 14.0. The Bertz CT molecular complexity index is 1460. The lowest BCUT2D eigenvalue weighted by Gasteiger charge is -2.51. The Labute approximate surface area is 243 Å². The van der Waals surface area contributed by atoms with Gasteiger partial charge in [0.2, 0.25) is 18.0 Å². The molecule has 1 fully saturated rings. The summed E-state index contributed by atoms with van der Waals surface area (Å²) >= 11 is 1.87. The number of amides is 1. The van der Waals surface area contributed by atoms with Crippen molar-refractivity contribution < 1.29 is 23.8 Å². The molecule has 0 aliphatic carbocycles. The van der Waals surface area contributed by atoms with Crippen LogP contribution in [0.25, 0.3) is 0 Å². The zero-order chi connectivity index (χ0) is 28.3. The number of methoxy groups -OCH3 is 1. The van der Waals surface area contributed by atoms with Gasteiger partial charge in [-0.3, -0.25) is 19.3 Å². The van der Waals surface area contributed by atoms with Gasteiger partial charge in [0.25, 0.3) is 5.91 Å². The van der Waals surface area contributed by atoms with E-state index in [4.69, 9.17) is 9.47 Å². The fourth-order valence-corrected chi connectivity index (χ4v) is 7.02. The number of pyridine rings is 1. The van der Waals surface area contributed by atoms with Crippen LogP contribution in [0.3, 0.4) is 0 Å². The second-order valence-electron chi connectivity index (χ2n) is 10.4. The summed E-state index contributed by atoms with van der Waals surface area (Å²) in [6.45, 7) is 0.0181. The molecule has 1 amide bonds. The third kappa shape index (κ3) is 5.40. The number of nitrogens with zero attached hydrogens (tertiary/aromatic N) is 3. The number of hydrogen-bond donors (Lipinski definition) is 0. The van der Waals surface area contributed by atoms with E-state index in [2.05, 4.69) is 58.3 Å². The molecule has 2 aromatic carbocycles. The minimum absolute atomic E-state index is 0.122. The highest BCUT2D eigenvalue weighted by Crippen LogP contribution is 2.39. The molecule has 3 aliphatic rings. The minimum atomic E-state index is -0.940. The molecule has 0 radical (unpaired) electrons. The molecule has 2 unspecified atom stereocenters. The van der Waals surface area contributed by atoms with Gasteiger partial charge in [-0.2, -0.15) is 0 Å². The van der Waals surface area contributed by atoms with E-state index in [1.54, 1.807) is 10.9 Å². The number of ether oxygens (including phenoxy) is 3. The van der Waals surface area contributed by atoms with Crippen LogP contribution in [-0.2, 0) is 15.9 Å². The van der Waals surface area contributed by atoms with Gasteiger partial charge < -0.3 is 19.1 Å². The summed E-state index contributed by atoms with van der Waals surface area (Å²) in [6, 6.07) is 18.5. The molecule has 3 aliphatic heterocycles. The molecule has 0 N–H and O–H groups in total. The van der Waals surface area contributed by atoms with E-state index in [9.17, 15) is 14.4 Å². The predicted octanol–water partition coefficient (Wildman–Crippen LogP) is 5.09. The van der Waals surface area contributed by atoms with Gasteiger partial charge in [-0.25, -0.2) is 4.79 Å². The quantitative estimate of drug-likeness (QED) is 0.314. The number of carbonyl (C=O) groups excluding carboxylic acids is 2. The van der Waals surface area contributed by atoms with Crippen LogP contribution in [0, 0.1) is 0 Å². The van der Waals surface area contributed by atoms with E-state index in [1.165, 1.54) is 23.6 Å². The van der Waals surface area contributed by atoms with Crippen LogP contribution in [0.15, 0.2) is 70.5 Å². The average molecular weight is 576 g/mol. The molecule has 4 bridgehead atoms. The zero-order valence-electron chi connectivity index (χ0n) is 23.0. The van der Waals surface area contributed by atoms with Crippen LogP contribution in [-0.4, -0.2) is 54.0 Å². The maximum Gasteiger partial charge on any atom is 0.510 e. The molecule has 3 aromatic rings. The molecule has 214 valence electrons. The Hall–Kier alpha value is -3.92. The summed E-state index contributed by atoms with van der Waals surface area (Å²) < 4.78 is 16.8. The second-order valence-corrected chi connectivity index (χ2v) is 11.6. The molecule has 41 heavy (non-hydrogen) atoms. The lowest BCUT2D eigenvalue weighted by Crippen LogP contribution is -2.63. The van der Waals surface area contributed by atoms with Crippen molar-refractivity contribution in [2.45, 2.75) is 55.6 Å². The first-order valence-electron chi connectivity index (χ1n) is 14.1. The SMILES string of the molecule is COC(=O)OCOc1c2n(ccc1=O)N(C1c3cccc(c3)CCCCSc3cccc1c3)C1CCCCN1C2=O. The van der Waals surface area contributed by atoms with Crippen LogP contribution in [0.1, 0.15) is 65.3 Å². The van der Waals surface area contributed by atoms with Crippen molar-refractivity contribution in [2.24, 2.45) is 0 Å². The first-order valence-corrected chi connectivity index (χ1v) is 15.0. The summed E-state index contributed by atoms with van der Waals surface area (Å²) in [5.74, 6) is 0.630. The van der Waals surface area contributed by atoms with E-state index in [0.29, 0.717) is 6.54 Å². The fourth-order valence-electron chi connectivity index (χ4n) is 6.05. The molecule has 0 spiro atoms. The van der Waals surface area contributed by atoms with Crippen molar-refractivity contribution in [1.29, 1.82) is 0 Å². The number of rotatable bonds is 4. The summed E-state index contributed by atoms with van der Waals surface area (Å²) in [5, 5.41) is 2.22. The van der Waals surface area contributed by atoms with Gasteiger partial charge in [-0.05, 0) is 73.1 Å². The molecule has 6 rings (SSSR count). The molecule has 9 nitrogen and oxygen atoms in total. The first kappa shape index (κ1) is 27.3. The van der Waals surface area contributed by atoms with Gasteiger partial charge in [0.1, 0.15) is 6.17 Å². The zero-order valence-corrected chi connectivity index (χ0v) is 23.8. The molecule has 10 heteroatoms. The van der Waals surface area contributed by atoms with E-state index in [0.717, 1.165) is 55.4 Å².